The summed E-state index contributed by atoms with van der Waals surface area (Å²) in [6.45, 7) is 3.00. The van der Waals surface area contributed by atoms with Crippen molar-refractivity contribution in [2.75, 3.05) is 37.4 Å². The molecule has 164 valence electrons. The Morgan fingerprint density at radius 1 is 1.06 bits per heavy atom. The fourth-order valence-electron chi connectivity index (χ4n) is 3.68. The first-order valence-corrected chi connectivity index (χ1v) is 10.6. The molecule has 0 aromatic heterocycles. The lowest BCUT2D eigenvalue weighted by Crippen LogP contribution is -2.40. The summed E-state index contributed by atoms with van der Waals surface area (Å²) >= 11 is 0. The van der Waals surface area contributed by atoms with Crippen LogP contribution in [0, 0.1) is 6.92 Å². The van der Waals surface area contributed by atoms with Gasteiger partial charge in [0.2, 0.25) is 5.91 Å². The van der Waals surface area contributed by atoms with Crippen LogP contribution in [0.4, 0.5) is 11.4 Å². The van der Waals surface area contributed by atoms with E-state index >= 15 is 0 Å². The predicted molar refractivity (Wildman–Crippen MR) is 122 cm³/mol. The van der Waals surface area contributed by atoms with Gasteiger partial charge in [0.05, 0.1) is 6.04 Å². The van der Waals surface area contributed by atoms with Gasteiger partial charge in [0.15, 0.2) is 0 Å². The maximum absolute atomic E-state index is 12.4. The molecule has 7 heteroatoms. The highest BCUT2D eigenvalue weighted by atomic mass is 16.2. The van der Waals surface area contributed by atoms with Crippen molar-refractivity contribution in [2.45, 2.75) is 32.2 Å². The van der Waals surface area contributed by atoms with E-state index in [2.05, 4.69) is 10.6 Å². The highest BCUT2D eigenvalue weighted by Gasteiger charge is 2.21. The van der Waals surface area contributed by atoms with E-state index in [-0.39, 0.29) is 11.9 Å². The van der Waals surface area contributed by atoms with Crippen molar-refractivity contribution in [1.82, 2.24) is 10.2 Å². The molecule has 1 aliphatic rings. The lowest BCUT2D eigenvalue weighted by atomic mass is 10.0. The maximum Gasteiger partial charge on any atom is 0.313 e. The third kappa shape index (κ3) is 5.92. The summed E-state index contributed by atoms with van der Waals surface area (Å²) in [5.74, 6) is -1.35. The third-order valence-electron chi connectivity index (χ3n) is 5.49. The molecule has 0 bridgehead atoms. The topological polar surface area (TPSA) is 81.8 Å². The zero-order valence-electron chi connectivity index (χ0n) is 18.4. The molecule has 3 rings (SSSR count). The van der Waals surface area contributed by atoms with E-state index in [4.69, 9.17) is 0 Å². The fourth-order valence-corrected chi connectivity index (χ4v) is 3.68. The average molecular weight is 423 g/mol. The molecule has 2 aromatic rings. The smallest absolute Gasteiger partial charge is 0.313 e. The van der Waals surface area contributed by atoms with Crippen molar-refractivity contribution in [3.63, 3.8) is 0 Å². The van der Waals surface area contributed by atoms with E-state index < -0.39 is 11.8 Å². The number of piperidine rings is 1. The first-order chi connectivity index (χ1) is 14.8. The van der Waals surface area contributed by atoms with Gasteiger partial charge in [-0.3, -0.25) is 14.4 Å². The van der Waals surface area contributed by atoms with Crippen LogP contribution >= 0.6 is 0 Å². The second-order valence-electron chi connectivity index (χ2n) is 8.11. The van der Waals surface area contributed by atoms with Gasteiger partial charge in [-0.15, -0.1) is 0 Å². The van der Waals surface area contributed by atoms with Crippen LogP contribution in [0.1, 0.15) is 36.4 Å². The molecule has 2 aromatic carbocycles. The number of hydrogen-bond acceptors (Lipinski definition) is 4. The minimum absolute atomic E-state index is 0.0502. The molecule has 0 aliphatic carbocycles. The van der Waals surface area contributed by atoms with Crippen molar-refractivity contribution in [2.24, 2.45) is 0 Å². The van der Waals surface area contributed by atoms with Crippen LogP contribution < -0.4 is 15.5 Å². The van der Waals surface area contributed by atoms with Gasteiger partial charge in [-0.05, 0) is 57.6 Å². The van der Waals surface area contributed by atoms with Gasteiger partial charge >= 0.3 is 11.8 Å². The minimum atomic E-state index is -0.733. The monoisotopic (exact) mass is 422 g/mol. The van der Waals surface area contributed by atoms with Gasteiger partial charge in [-0.25, -0.2) is 0 Å². The number of carbonyl (C=O) groups excluding carboxylic acids is 3. The zero-order valence-corrected chi connectivity index (χ0v) is 18.4. The van der Waals surface area contributed by atoms with E-state index in [1.54, 1.807) is 23.1 Å². The van der Waals surface area contributed by atoms with Crippen LogP contribution in [0.2, 0.25) is 0 Å². The molecular weight excluding hydrogens is 392 g/mol. The Morgan fingerprint density at radius 3 is 2.48 bits per heavy atom. The molecule has 1 heterocycles. The number of nitrogens with zero attached hydrogens (tertiary/aromatic N) is 2. The number of nitrogens with one attached hydrogen (secondary N) is 2. The number of amides is 3. The maximum atomic E-state index is 12.4. The molecule has 1 aliphatic heterocycles. The second kappa shape index (κ2) is 10.2. The molecule has 1 atom stereocenters. The standard InChI is InChI=1S/C24H30N4O3/c1-17-10-12-18(13-11-17)21(27(2)3)16-25-23(30)24(31)26-19-7-6-8-20(15-19)28-14-5-4-9-22(28)29/h6-8,10-13,15,21H,4-5,9,14,16H2,1-3H3,(H,25,30)(H,26,31). The van der Waals surface area contributed by atoms with Gasteiger partial charge < -0.3 is 20.4 Å². The van der Waals surface area contributed by atoms with E-state index in [9.17, 15) is 14.4 Å². The van der Waals surface area contributed by atoms with Crippen LogP contribution in [-0.4, -0.2) is 49.8 Å². The Hall–Kier alpha value is -3.19. The SMILES string of the molecule is Cc1ccc(C(CNC(=O)C(=O)Nc2cccc(N3CCCCC3=O)c2)N(C)C)cc1. The van der Waals surface area contributed by atoms with Gasteiger partial charge in [0.25, 0.3) is 0 Å². The number of carbonyl (C=O) groups is 3. The van der Waals surface area contributed by atoms with Gasteiger partial charge in [-0.1, -0.05) is 35.9 Å². The summed E-state index contributed by atoms with van der Waals surface area (Å²) in [4.78, 5) is 40.7. The van der Waals surface area contributed by atoms with Crippen molar-refractivity contribution < 1.29 is 14.4 Å². The van der Waals surface area contributed by atoms with Gasteiger partial charge in [0, 0.05) is 30.9 Å². The molecule has 7 nitrogen and oxygen atoms in total. The van der Waals surface area contributed by atoms with Crippen LogP contribution in [0.5, 0.6) is 0 Å². The Kier molecular flexibility index (Phi) is 7.41. The molecule has 2 N–H and O–H groups in total. The predicted octanol–water partition coefficient (Wildman–Crippen LogP) is 2.87. The summed E-state index contributed by atoms with van der Waals surface area (Å²) in [6, 6.07) is 15.1. The minimum Gasteiger partial charge on any atom is -0.346 e. The molecule has 1 saturated heterocycles. The first-order valence-electron chi connectivity index (χ1n) is 10.6. The second-order valence-corrected chi connectivity index (χ2v) is 8.11. The van der Waals surface area contributed by atoms with E-state index in [1.165, 1.54) is 0 Å². The molecule has 3 amide bonds. The van der Waals surface area contributed by atoms with E-state index in [1.807, 2.05) is 56.3 Å². The largest absolute Gasteiger partial charge is 0.346 e. The number of rotatable bonds is 6. The Bertz CT molecular complexity index is 940. The Balaban J connectivity index is 1.60. The lowest BCUT2D eigenvalue weighted by molar-refractivity contribution is -0.136. The fraction of sp³-hybridized carbons (Fsp3) is 0.375. The molecule has 0 spiro atoms. The van der Waals surface area contributed by atoms with Crippen LogP contribution in [-0.2, 0) is 14.4 Å². The molecule has 31 heavy (non-hydrogen) atoms. The number of aryl methyl sites for hydroxylation is 1. The summed E-state index contributed by atoms with van der Waals surface area (Å²) in [7, 11) is 3.87. The zero-order chi connectivity index (χ0) is 22.4. The number of hydrogen-bond donors (Lipinski definition) is 2. The van der Waals surface area contributed by atoms with E-state index in [0.29, 0.717) is 25.2 Å². The molecular formula is C24H30N4O3. The molecule has 1 fully saturated rings. The van der Waals surface area contributed by atoms with Crippen LogP contribution in [0.15, 0.2) is 48.5 Å². The molecule has 0 saturated carbocycles. The Morgan fingerprint density at radius 2 is 1.81 bits per heavy atom. The number of benzene rings is 2. The van der Waals surface area contributed by atoms with Gasteiger partial charge in [0.1, 0.15) is 0 Å². The lowest BCUT2D eigenvalue weighted by Gasteiger charge is -2.27. The van der Waals surface area contributed by atoms with Crippen LogP contribution in [0.25, 0.3) is 0 Å². The average Bonchev–Trinajstić information content (AvgIpc) is 2.75. The number of likely N-dealkylation sites (N-methyl/N-ethyl adjacent to an activating group) is 1. The van der Waals surface area contributed by atoms with Crippen molar-refractivity contribution in [3.8, 4) is 0 Å². The number of anilines is 2. The quantitative estimate of drug-likeness (QED) is 0.702. The summed E-state index contributed by atoms with van der Waals surface area (Å²) in [6.07, 6.45) is 2.40. The highest BCUT2D eigenvalue weighted by molar-refractivity contribution is 6.39. The van der Waals surface area contributed by atoms with Crippen molar-refractivity contribution in [1.29, 1.82) is 0 Å². The Labute approximate surface area is 183 Å². The van der Waals surface area contributed by atoms with Crippen molar-refractivity contribution >= 4 is 29.1 Å². The molecule has 0 radical (unpaired) electrons. The van der Waals surface area contributed by atoms with Crippen molar-refractivity contribution in [3.05, 3.63) is 59.7 Å². The highest BCUT2D eigenvalue weighted by Crippen LogP contribution is 2.24. The first kappa shape index (κ1) is 22.5. The third-order valence-corrected chi connectivity index (χ3v) is 5.49. The normalized spacial score (nSPS) is 15.0. The van der Waals surface area contributed by atoms with Gasteiger partial charge in [-0.2, -0.15) is 0 Å². The van der Waals surface area contributed by atoms with Crippen LogP contribution in [0.3, 0.4) is 0 Å². The summed E-state index contributed by atoms with van der Waals surface area (Å²) in [5.41, 5.74) is 3.45. The molecule has 1 unspecified atom stereocenters. The van der Waals surface area contributed by atoms with E-state index in [0.717, 1.165) is 29.7 Å². The summed E-state index contributed by atoms with van der Waals surface area (Å²) in [5, 5.41) is 5.36. The summed E-state index contributed by atoms with van der Waals surface area (Å²) < 4.78 is 0.